The zero-order chi connectivity index (χ0) is 23.2. The number of hydrogen-bond donors (Lipinski definition) is 0. The van der Waals surface area contributed by atoms with Gasteiger partial charge in [-0.3, -0.25) is 9.59 Å². The van der Waals surface area contributed by atoms with E-state index < -0.39 is 0 Å². The van der Waals surface area contributed by atoms with Gasteiger partial charge in [0.1, 0.15) is 0 Å². The summed E-state index contributed by atoms with van der Waals surface area (Å²) >= 11 is 3.46. The molecule has 0 atom stereocenters. The quantitative estimate of drug-likeness (QED) is 0.484. The van der Waals surface area contributed by atoms with Crippen LogP contribution in [0.15, 0.2) is 53.0 Å². The van der Waals surface area contributed by atoms with E-state index in [0.29, 0.717) is 43.2 Å². The minimum absolute atomic E-state index is 0.298. The maximum atomic E-state index is 13.7. The average molecular weight is 522 g/mol. The summed E-state index contributed by atoms with van der Waals surface area (Å²) in [5.41, 5.74) is 3.75. The molecule has 6 rings (SSSR count). The van der Waals surface area contributed by atoms with Crippen LogP contribution in [0.5, 0.6) is 0 Å². The van der Waals surface area contributed by atoms with Gasteiger partial charge in [-0.25, -0.2) is 4.90 Å². The Kier molecular flexibility index (Phi) is 5.51. The number of rotatable bonds is 3. The smallest absolute Gasteiger partial charge is 0.265 e. The molecule has 0 bridgehead atoms. The predicted octanol–water partition coefficient (Wildman–Crippen LogP) is 4.08. The molecule has 3 aromatic rings. The highest BCUT2D eigenvalue weighted by molar-refractivity contribution is 9.10. The number of morpholine rings is 2. The summed E-state index contributed by atoms with van der Waals surface area (Å²) in [7, 11) is 0. The van der Waals surface area contributed by atoms with Gasteiger partial charge in [-0.2, -0.15) is 0 Å². The van der Waals surface area contributed by atoms with E-state index in [2.05, 4.69) is 25.7 Å². The third kappa shape index (κ3) is 3.48. The van der Waals surface area contributed by atoms with Gasteiger partial charge in [-0.1, -0.05) is 22.0 Å². The Morgan fingerprint density at radius 2 is 1.21 bits per heavy atom. The van der Waals surface area contributed by atoms with Crippen LogP contribution in [-0.2, 0) is 9.47 Å². The van der Waals surface area contributed by atoms with Gasteiger partial charge in [0, 0.05) is 63.9 Å². The molecule has 3 aliphatic heterocycles. The van der Waals surface area contributed by atoms with Crippen molar-refractivity contribution in [2.24, 2.45) is 0 Å². The number of imide groups is 1. The molecule has 2 fully saturated rings. The first-order chi connectivity index (χ1) is 16.6. The SMILES string of the molecule is O=C1c2ccc(N3CCOCC3)c3c(N4CCOCC4)ccc(c23)C(=O)N1c1cccc(Br)c1. The Morgan fingerprint density at radius 1 is 0.676 bits per heavy atom. The molecule has 3 aromatic carbocycles. The molecule has 0 radical (unpaired) electrons. The molecule has 8 heteroatoms. The average Bonchev–Trinajstić information content (AvgIpc) is 2.88. The lowest BCUT2D eigenvalue weighted by Crippen LogP contribution is -2.42. The number of carbonyl (C=O) groups excluding carboxylic acids is 2. The van der Waals surface area contributed by atoms with Crippen molar-refractivity contribution < 1.29 is 19.1 Å². The van der Waals surface area contributed by atoms with Gasteiger partial charge < -0.3 is 19.3 Å². The number of amides is 2. The summed E-state index contributed by atoms with van der Waals surface area (Å²) in [6.07, 6.45) is 0. The summed E-state index contributed by atoms with van der Waals surface area (Å²) in [4.78, 5) is 33.3. The third-order valence-corrected chi connectivity index (χ3v) is 7.25. The first-order valence-corrected chi connectivity index (χ1v) is 12.3. The highest BCUT2D eigenvalue weighted by Crippen LogP contribution is 2.43. The van der Waals surface area contributed by atoms with Crippen LogP contribution in [0.1, 0.15) is 20.7 Å². The van der Waals surface area contributed by atoms with Gasteiger partial charge in [-0.15, -0.1) is 0 Å². The molecule has 7 nitrogen and oxygen atoms in total. The number of hydrogen-bond acceptors (Lipinski definition) is 6. The largest absolute Gasteiger partial charge is 0.378 e. The number of carbonyl (C=O) groups is 2. The molecular weight excluding hydrogens is 498 g/mol. The van der Waals surface area contributed by atoms with E-state index in [9.17, 15) is 9.59 Å². The lowest BCUT2D eigenvalue weighted by atomic mass is 9.90. The second kappa shape index (κ2) is 8.69. The van der Waals surface area contributed by atoms with Gasteiger partial charge in [0.05, 0.1) is 32.1 Å². The summed E-state index contributed by atoms with van der Waals surface area (Å²) < 4.78 is 12.0. The summed E-state index contributed by atoms with van der Waals surface area (Å²) in [6.45, 7) is 5.71. The molecule has 34 heavy (non-hydrogen) atoms. The van der Waals surface area contributed by atoms with Gasteiger partial charge in [0.2, 0.25) is 0 Å². The molecule has 3 heterocycles. The molecule has 3 aliphatic rings. The minimum Gasteiger partial charge on any atom is -0.378 e. The number of benzene rings is 3. The number of anilines is 3. The lowest BCUT2D eigenvalue weighted by molar-refractivity contribution is 0.0893. The van der Waals surface area contributed by atoms with Crippen LogP contribution in [0.2, 0.25) is 0 Å². The summed E-state index contributed by atoms with van der Waals surface area (Å²) in [5.74, 6) is -0.596. The van der Waals surface area contributed by atoms with E-state index in [1.54, 1.807) is 12.1 Å². The zero-order valence-electron chi connectivity index (χ0n) is 18.6. The van der Waals surface area contributed by atoms with Crippen LogP contribution in [0.3, 0.4) is 0 Å². The molecule has 0 unspecified atom stereocenters. The number of nitrogens with zero attached hydrogens (tertiary/aromatic N) is 3. The van der Waals surface area contributed by atoms with Crippen LogP contribution in [0.4, 0.5) is 17.1 Å². The van der Waals surface area contributed by atoms with Gasteiger partial charge in [-0.05, 0) is 42.5 Å². The first-order valence-electron chi connectivity index (χ1n) is 11.5. The van der Waals surface area contributed by atoms with Crippen molar-refractivity contribution in [3.8, 4) is 0 Å². The molecule has 2 amide bonds. The molecule has 0 saturated carbocycles. The van der Waals surface area contributed by atoms with E-state index in [0.717, 1.165) is 52.8 Å². The zero-order valence-corrected chi connectivity index (χ0v) is 20.2. The second-order valence-electron chi connectivity index (χ2n) is 8.64. The van der Waals surface area contributed by atoms with E-state index in [-0.39, 0.29) is 11.8 Å². The van der Waals surface area contributed by atoms with Crippen LogP contribution < -0.4 is 14.7 Å². The normalized spacial score (nSPS) is 18.7. The Morgan fingerprint density at radius 3 is 1.71 bits per heavy atom. The maximum absolute atomic E-state index is 13.7. The number of ether oxygens (including phenoxy) is 2. The molecule has 2 saturated heterocycles. The van der Waals surface area contributed by atoms with Gasteiger partial charge >= 0.3 is 0 Å². The van der Waals surface area contributed by atoms with Crippen molar-refractivity contribution in [3.63, 3.8) is 0 Å². The predicted molar refractivity (Wildman–Crippen MR) is 135 cm³/mol. The highest BCUT2D eigenvalue weighted by atomic mass is 79.9. The molecule has 0 aromatic heterocycles. The van der Waals surface area contributed by atoms with E-state index in [4.69, 9.17) is 9.47 Å². The van der Waals surface area contributed by atoms with Gasteiger partial charge in [0.15, 0.2) is 0 Å². The van der Waals surface area contributed by atoms with E-state index in [1.807, 2.05) is 36.4 Å². The molecule has 0 aliphatic carbocycles. The third-order valence-electron chi connectivity index (χ3n) is 6.75. The lowest BCUT2D eigenvalue weighted by Gasteiger charge is -2.36. The molecular formula is C26H24BrN3O4. The fraction of sp³-hybridized carbons (Fsp3) is 0.308. The second-order valence-corrected chi connectivity index (χ2v) is 9.55. The van der Waals surface area contributed by atoms with Crippen molar-refractivity contribution in [3.05, 3.63) is 64.1 Å². The van der Waals surface area contributed by atoms with Crippen molar-refractivity contribution in [2.75, 3.05) is 67.3 Å². The van der Waals surface area contributed by atoms with Crippen molar-refractivity contribution >= 4 is 55.6 Å². The Hall–Kier alpha value is -2.94. The van der Waals surface area contributed by atoms with Crippen molar-refractivity contribution in [2.45, 2.75) is 0 Å². The number of halogens is 1. The topological polar surface area (TPSA) is 62.3 Å². The standard InChI is InChI=1S/C26H24BrN3O4/c27-17-2-1-3-18(16-17)30-25(31)19-4-6-21(28-8-12-33-13-9-28)24-22(29-10-14-34-15-11-29)7-5-20(23(19)24)26(30)32/h1-7,16H,8-15H2. The first kappa shape index (κ1) is 21.6. The molecule has 0 spiro atoms. The molecule has 174 valence electrons. The molecule has 0 N–H and O–H groups in total. The summed E-state index contributed by atoms with van der Waals surface area (Å²) in [6, 6.07) is 15.1. The van der Waals surface area contributed by atoms with Crippen molar-refractivity contribution in [1.82, 2.24) is 0 Å². The Bertz CT molecular complexity index is 1230. The van der Waals surface area contributed by atoms with E-state index in [1.165, 1.54) is 4.90 Å². The van der Waals surface area contributed by atoms with E-state index >= 15 is 0 Å². The van der Waals surface area contributed by atoms with Gasteiger partial charge in [0.25, 0.3) is 11.8 Å². The summed E-state index contributed by atoms with van der Waals surface area (Å²) in [5, 5.41) is 1.71. The maximum Gasteiger partial charge on any atom is 0.265 e. The highest BCUT2D eigenvalue weighted by Gasteiger charge is 2.36. The van der Waals surface area contributed by atoms with Crippen molar-refractivity contribution in [1.29, 1.82) is 0 Å². The Balaban J connectivity index is 1.57. The fourth-order valence-electron chi connectivity index (χ4n) is 5.13. The van der Waals surface area contributed by atoms with Crippen LogP contribution in [0, 0.1) is 0 Å². The monoisotopic (exact) mass is 521 g/mol. The fourth-order valence-corrected chi connectivity index (χ4v) is 5.52. The van der Waals surface area contributed by atoms with Crippen LogP contribution in [-0.4, -0.2) is 64.4 Å². The van der Waals surface area contributed by atoms with Crippen LogP contribution in [0.25, 0.3) is 10.8 Å². The van der Waals surface area contributed by atoms with Crippen LogP contribution >= 0.6 is 15.9 Å². The Labute approximate surface area is 205 Å². The minimum atomic E-state index is -0.298.